The molecule has 2 aromatic heterocycles. The van der Waals surface area contributed by atoms with Crippen LogP contribution in [0.4, 0.5) is 5.00 Å². The van der Waals surface area contributed by atoms with Crippen LogP contribution in [-0.2, 0) is 6.54 Å². The molecule has 84 valence electrons. The van der Waals surface area contributed by atoms with Crippen molar-refractivity contribution in [3.05, 3.63) is 54.4 Å². The van der Waals surface area contributed by atoms with E-state index in [0.29, 0.717) is 0 Å². The molecule has 0 bridgehead atoms. The molecule has 0 saturated carbocycles. The number of nitrogens with one attached hydrogen (secondary N) is 1. The van der Waals surface area contributed by atoms with Gasteiger partial charge in [0.15, 0.2) is 0 Å². The lowest BCUT2D eigenvalue weighted by Gasteiger charge is -2.03. The van der Waals surface area contributed by atoms with Gasteiger partial charge in [-0.2, -0.15) is 4.37 Å². The number of hydrogen-bond donors (Lipinski definition) is 1. The molecule has 3 nitrogen and oxygen atoms in total. The Morgan fingerprint density at radius 1 is 1.12 bits per heavy atom. The fourth-order valence-electron chi connectivity index (χ4n) is 1.70. The molecule has 2 heterocycles. The van der Waals surface area contributed by atoms with Gasteiger partial charge in [0.2, 0.25) is 0 Å². The average molecular weight is 241 g/mol. The largest absolute Gasteiger partial charge is 0.371 e. The van der Waals surface area contributed by atoms with Gasteiger partial charge in [-0.1, -0.05) is 18.2 Å². The van der Waals surface area contributed by atoms with E-state index in [-0.39, 0.29) is 0 Å². The lowest BCUT2D eigenvalue weighted by Crippen LogP contribution is -1.97. The van der Waals surface area contributed by atoms with Crippen molar-refractivity contribution in [3.63, 3.8) is 0 Å². The summed E-state index contributed by atoms with van der Waals surface area (Å²) in [4.78, 5) is 4.09. The van der Waals surface area contributed by atoms with Crippen molar-refractivity contribution in [2.45, 2.75) is 6.54 Å². The molecule has 4 heteroatoms. The second-order valence-corrected chi connectivity index (χ2v) is 4.52. The summed E-state index contributed by atoms with van der Waals surface area (Å²) in [6.07, 6.45) is 3.65. The van der Waals surface area contributed by atoms with Gasteiger partial charge < -0.3 is 5.32 Å². The van der Waals surface area contributed by atoms with Crippen molar-refractivity contribution in [2.75, 3.05) is 5.32 Å². The van der Waals surface area contributed by atoms with Crippen LogP contribution in [0.1, 0.15) is 5.56 Å². The van der Waals surface area contributed by atoms with Gasteiger partial charge in [-0.3, -0.25) is 4.98 Å². The highest BCUT2D eigenvalue weighted by Crippen LogP contribution is 2.27. The second-order valence-electron chi connectivity index (χ2n) is 3.74. The number of benzene rings is 1. The van der Waals surface area contributed by atoms with Crippen LogP contribution in [0, 0.1) is 0 Å². The minimum Gasteiger partial charge on any atom is -0.371 e. The van der Waals surface area contributed by atoms with Gasteiger partial charge in [-0.15, -0.1) is 0 Å². The number of anilines is 1. The Morgan fingerprint density at radius 2 is 2.06 bits per heavy atom. The summed E-state index contributed by atoms with van der Waals surface area (Å²) in [6.45, 7) is 0.778. The molecule has 17 heavy (non-hydrogen) atoms. The second kappa shape index (κ2) is 4.51. The topological polar surface area (TPSA) is 37.8 Å². The molecule has 1 aromatic carbocycles. The van der Waals surface area contributed by atoms with Crippen LogP contribution in [0.2, 0.25) is 0 Å². The first-order chi connectivity index (χ1) is 8.43. The van der Waals surface area contributed by atoms with E-state index in [4.69, 9.17) is 0 Å². The van der Waals surface area contributed by atoms with Crippen molar-refractivity contribution in [3.8, 4) is 0 Å². The predicted octanol–water partition coefficient (Wildman–Crippen LogP) is 3.30. The van der Waals surface area contributed by atoms with E-state index < -0.39 is 0 Å². The molecule has 0 fully saturated rings. The van der Waals surface area contributed by atoms with Gasteiger partial charge >= 0.3 is 0 Å². The quantitative estimate of drug-likeness (QED) is 0.764. The Balaban J connectivity index is 1.82. The number of rotatable bonds is 3. The molecule has 0 spiro atoms. The van der Waals surface area contributed by atoms with Gasteiger partial charge in [0.1, 0.15) is 5.00 Å². The molecule has 0 aliphatic rings. The van der Waals surface area contributed by atoms with E-state index in [9.17, 15) is 0 Å². The van der Waals surface area contributed by atoms with Crippen molar-refractivity contribution in [2.24, 2.45) is 0 Å². The summed E-state index contributed by atoms with van der Waals surface area (Å²) >= 11 is 1.50. The van der Waals surface area contributed by atoms with Crippen molar-refractivity contribution in [1.29, 1.82) is 0 Å². The predicted molar refractivity (Wildman–Crippen MR) is 71.2 cm³/mol. The highest BCUT2D eigenvalue weighted by Gasteiger charge is 2.04. The lowest BCUT2D eigenvalue weighted by atomic mass is 10.2. The molecule has 0 unspecified atom stereocenters. The Morgan fingerprint density at radius 3 is 2.94 bits per heavy atom. The molecule has 0 atom stereocenters. The minimum absolute atomic E-state index is 0.778. The maximum Gasteiger partial charge on any atom is 0.117 e. The van der Waals surface area contributed by atoms with E-state index in [1.807, 2.05) is 30.5 Å². The van der Waals surface area contributed by atoms with Crippen LogP contribution < -0.4 is 5.32 Å². The first-order valence-corrected chi connectivity index (χ1v) is 6.18. The zero-order valence-corrected chi connectivity index (χ0v) is 9.95. The smallest absolute Gasteiger partial charge is 0.117 e. The maximum absolute atomic E-state index is 4.39. The lowest BCUT2D eigenvalue weighted by molar-refractivity contribution is 1.12. The van der Waals surface area contributed by atoms with E-state index >= 15 is 0 Å². The van der Waals surface area contributed by atoms with Gasteiger partial charge in [-0.05, 0) is 35.3 Å². The summed E-state index contributed by atoms with van der Waals surface area (Å²) in [6, 6.07) is 12.2. The number of hydrogen-bond acceptors (Lipinski definition) is 4. The van der Waals surface area contributed by atoms with Crippen LogP contribution in [0.15, 0.2) is 48.8 Å². The van der Waals surface area contributed by atoms with Gasteiger partial charge in [0.05, 0.1) is 5.52 Å². The molecular formula is C13H11N3S. The van der Waals surface area contributed by atoms with E-state index in [0.717, 1.165) is 17.1 Å². The molecule has 3 aromatic rings. The molecule has 1 N–H and O–H groups in total. The van der Waals surface area contributed by atoms with Crippen molar-refractivity contribution < 1.29 is 0 Å². The highest BCUT2D eigenvalue weighted by atomic mass is 32.1. The summed E-state index contributed by atoms with van der Waals surface area (Å²) in [5.74, 6) is 0. The molecule has 0 aliphatic heterocycles. The van der Waals surface area contributed by atoms with E-state index in [2.05, 4.69) is 26.8 Å². The Hall–Kier alpha value is -1.94. The van der Waals surface area contributed by atoms with Gasteiger partial charge in [0.25, 0.3) is 0 Å². The molecule has 0 radical (unpaired) electrons. The highest BCUT2D eigenvalue weighted by molar-refractivity contribution is 7.11. The molecule has 0 aliphatic carbocycles. The number of nitrogens with zero attached hydrogens (tertiary/aromatic N) is 2. The van der Waals surface area contributed by atoms with Gasteiger partial charge in [-0.25, -0.2) is 0 Å². The van der Waals surface area contributed by atoms with Gasteiger partial charge in [0, 0.05) is 24.3 Å². The summed E-state index contributed by atoms with van der Waals surface area (Å²) in [5.41, 5.74) is 2.22. The Labute approximate surface area is 103 Å². The van der Waals surface area contributed by atoms with E-state index in [1.165, 1.54) is 22.5 Å². The average Bonchev–Trinajstić information content (AvgIpc) is 2.81. The molecule has 0 amide bonds. The third-order valence-corrected chi connectivity index (χ3v) is 3.39. The Bertz CT molecular complexity index is 619. The van der Waals surface area contributed by atoms with Crippen molar-refractivity contribution >= 4 is 27.4 Å². The standard InChI is InChI=1S/C13H11N3S/c1-2-6-12-11(5-1)13(17-16-12)15-9-10-4-3-7-14-8-10/h1-8,15H,9H2. The van der Waals surface area contributed by atoms with Crippen LogP contribution in [-0.4, -0.2) is 9.36 Å². The van der Waals surface area contributed by atoms with Crippen LogP contribution in [0.3, 0.4) is 0 Å². The summed E-state index contributed by atoms with van der Waals surface area (Å²) in [7, 11) is 0. The van der Waals surface area contributed by atoms with Crippen molar-refractivity contribution in [1.82, 2.24) is 9.36 Å². The monoisotopic (exact) mass is 241 g/mol. The zero-order chi connectivity index (χ0) is 11.5. The third-order valence-electron chi connectivity index (χ3n) is 2.56. The van der Waals surface area contributed by atoms with E-state index in [1.54, 1.807) is 6.20 Å². The minimum atomic E-state index is 0.778. The molecule has 0 saturated heterocycles. The molecular weight excluding hydrogens is 230 g/mol. The third kappa shape index (κ3) is 2.12. The fourth-order valence-corrected chi connectivity index (χ4v) is 2.46. The normalized spacial score (nSPS) is 10.6. The van der Waals surface area contributed by atoms with Crippen LogP contribution in [0.25, 0.3) is 10.9 Å². The number of fused-ring (bicyclic) bond motifs is 1. The summed E-state index contributed by atoms with van der Waals surface area (Å²) < 4.78 is 4.39. The first-order valence-electron chi connectivity index (χ1n) is 5.41. The molecule has 3 rings (SSSR count). The van der Waals surface area contributed by atoms with Crippen LogP contribution >= 0.6 is 11.5 Å². The maximum atomic E-state index is 4.39. The number of pyridine rings is 1. The zero-order valence-electron chi connectivity index (χ0n) is 9.13. The van der Waals surface area contributed by atoms with Crippen LogP contribution in [0.5, 0.6) is 0 Å². The number of aromatic nitrogens is 2. The first kappa shape index (κ1) is 10.2. The SMILES string of the molecule is c1cncc(CNc2snc3ccccc23)c1. The Kier molecular flexibility index (Phi) is 2.71. The summed E-state index contributed by atoms with van der Waals surface area (Å²) in [5, 5.41) is 5.70. The fraction of sp³-hybridized carbons (Fsp3) is 0.0769.